The van der Waals surface area contributed by atoms with Gasteiger partial charge in [0.1, 0.15) is 18.1 Å². The number of thiophene rings is 1. The molecule has 0 fully saturated rings. The fourth-order valence-corrected chi connectivity index (χ4v) is 5.20. The van der Waals surface area contributed by atoms with Crippen molar-refractivity contribution in [3.8, 4) is 5.75 Å². The molecule has 5 nitrogen and oxygen atoms in total. The average Bonchev–Trinajstić information content (AvgIpc) is 3.24. The molecule has 1 aromatic carbocycles. The number of allylic oxidation sites excluding steroid dienone is 3. The fourth-order valence-electron chi connectivity index (χ4n) is 4.29. The first kappa shape index (κ1) is 21.2. The zero-order chi connectivity index (χ0) is 22.3. The molecule has 0 atom stereocenters. The highest BCUT2D eigenvalue weighted by molar-refractivity contribution is 7.13. The smallest absolute Gasteiger partial charge is 0.298 e. The third-order valence-corrected chi connectivity index (χ3v) is 7.03. The highest BCUT2D eigenvalue weighted by Gasteiger charge is 2.46. The van der Waals surface area contributed by atoms with E-state index >= 15 is 0 Å². The predicted octanol–water partition coefficient (Wildman–Crippen LogP) is 5.25. The zero-order valence-corrected chi connectivity index (χ0v) is 19.0. The van der Waals surface area contributed by atoms with Gasteiger partial charge in [-0.25, -0.2) is 0 Å². The van der Waals surface area contributed by atoms with Crippen LogP contribution < -0.4 is 4.74 Å². The number of aliphatic hydroxyl groups excluding tert-OH is 1. The van der Waals surface area contributed by atoms with Crippen molar-refractivity contribution < 1.29 is 24.0 Å². The maximum atomic E-state index is 12.9. The van der Waals surface area contributed by atoms with Crippen LogP contribution in [0.2, 0.25) is 0 Å². The van der Waals surface area contributed by atoms with Crippen LogP contribution in [0.3, 0.4) is 0 Å². The van der Waals surface area contributed by atoms with E-state index in [2.05, 4.69) is 25.3 Å². The van der Waals surface area contributed by atoms with Gasteiger partial charge in [0.2, 0.25) is 11.5 Å². The molecule has 0 saturated carbocycles. The van der Waals surface area contributed by atoms with E-state index in [1.807, 2.05) is 37.3 Å². The normalized spacial score (nSPS) is 18.5. The van der Waals surface area contributed by atoms with Gasteiger partial charge in [-0.05, 0) is 45.0 Å². The lowest BCUT2D eigenvalue weighted by molar-refractivity contribution is -0.438. The first-order valence-corrected chi connectivity index (χ1v) is 11.3. The van der Waals surface area contributed by atoms with Crippen molar-refractivity contribution in [2.75, 3.05) is 6.54 Å². The standard InChI is InChI=1S/C25H25NO4S/c1-5-6-11-26-19-9-8-16(30-14-27)12-18(19)25(3,4)21(26)13-17-23(28)22(24(17)29)20-10-7-15(2)31-20/h7-10,12-14H,5-6,11H2,1-4H3/p+1. The molecule has 1 N–H and O–H groups in total. The van der Waals surface area contributed by atoms with E-state index in [-0.39, 0.29) is 11.5 Å². The van der Waals surface area contributed by atoms with Crippen molar-refractivity contribution in [1.29, 1.82) is 0 Å². The first-order chi connectivity index (χ1) is 14.8. The minimum absolute atomic E-state index is 0.0616. The van der Waals surface area contributed by atoms with Crippen LogP contribution in [0.15, 0.2) is 47.7 Å². The van der Waals surface area contributed by atoms with E-state index in [9.17, 15) is 14.7 Å². The Bertz CT molecular complexity index is 1180. The van der Waals surface area contributed by atoms with Crippen molar-refractivity contribution in [3.63, 3.8) is 0 Å². The number of aliphatic hydroxyl groups is 1. The van der Waals surface area contributed by atoms with Gasteiger partial charge < -0.3 is 9.84 Å². The zero-order valence-electron chi connectivity index (χ0n) is 18.2. The van der Waals surface area contributed by atoms with Crippen LogP contribution in [-0.4, -0.2) is 34.2 Å². The van der Waals surface area contributed by atoms with Gasteiger partial charge in [-0.3, -0.25) is 9.59 Å². The lowest BCUT2D eigenvalue weighted by Gasteiger charge is -2.22. The molecule has 0 spiro atoms. The molecule has 2 aromatic rings. The fraction of sp³-hybridized carbons (Fsp3) is 0.320. The summed E-state index contributed by atoms with van der Waals surface area (Å²) in [6.45, 7) is 9.52. The molecule has 0 unspecified atom stereocenters. The predicted molar refractivity (Wildman–Crippen MR) is 123 cm³/mol. The Morgan fingerprint density at radius 3 is 2.61 bits per heavy atom. The minimum atomic E-state index is -0.422. The van der Waals surface area contributed by atoms with Gasteiger partial charge in [0.15, 0.2) is 5.71 Å². The second kappa shape index (κ2) is 7.93. The van der Waals surface area contributed by atoms with Crippen molar-refractivity contribution in [1.82, 2.24) is 0 Å². The maximum absolute atomic E-state index is 12.9. The molecule has 0 amide bonds. The average molecular weight is 437 g/mol. The third kappa shape index (κ3) is 3.45. The minimum Gasteiger partial charge on any atom is -0.506 e. The van der Waals surface area contributed by atoms with Crippen LogP contribution in [-0.2, 0) is 15.0 Å². The van der Waals surface area contributed by atoms with Crippen molar-refractivity contribution >= 4 is 40.6 Å². The number of fused-ring (bicyclic) bond motifs is 1. The van der Waals surface area contributed by atoms with E-state index in [0.29, 0.717) is 23.4 Å². The summed E-state index contributed by atoms with van der Waals surface area (Å²) in [6, 6.07) is 9.44. The van der Waals surface area contributed by atoms with Crippen molar-refractivity contribution in [2.45, 2.75) is 46.0 Å². The molecule has 31 heavy (non-hydrogen) atoms. The Morgan fingerprint density at radius 2 is 2.00 bits per heavy atom. The Balaban J connectivity index is 1.81. The van der Waals surface area contributed by atoms with E-state index < -0.39 is 5.41 Å². The largest absolute Gasteiger partial charge is 0.506 e. The summed E-state index contributed by atoms with van der Waals surface area (Å²) in [5, 5.41) is 10.7. The van der Waals surface area contributed by atoms with Gasteiger partial charge in [-0.1, -0.05) is 13.3 Å². The molecule has 2 aliphatic rings. The van der Waals surface area contributed by atoms with Gasteiger partial charge in [0.25, 0.3) is 6.47 Å². The van der Waals surface area contributed by atoms with Crippen LogP contribution in [0.1, 0.15) is 48.9 Å². The quantitative estimate of drug-likeness (QED) is 0.366. The molecule has 1 aromatic heterocycles. The Morgan fingerprint density at radius 1 is 1.23 bits per heavy atom. The van der Waals surface area contributed by atoms with Crippen LogP contribution >= 0.6 is 11.3 Å². The Labute approximate surface area is 186 Å². The molecule has 6 heteroatoms. The van der Waals surface area contributed by atoms with Crippen molar-refractivity contribution in [2.24, 2.45) is 0 Å². The number of unbranched alkanes of at least 4 members (excludes halogenated alkanes) is 1. The van der Waals surface area contributed by atoms with Gasteiger partial charge in [-0.2, -0.15) is 4.58 Å². The number of ketones is 1. The number of benzene rings is 1. The number of Topliss-reactive ketones (excluding diaryl/α,β-unsaturated/α-hetero) is 1. The number of aryl methyl sites for hydroxylation is 1. The van der Waals surface area contributed by atoms with Gasteiger partial charge >= 0.3 is 0 Å². The van der Waals surface area contributed by atoms with E-state index in [1.165, 1.54) is 11.3 Å². The van der Waals surface area contributed by atoms with Crippen LogP contribution in [0.4, 0.5) is 5.69 Å². The lowest BCUT2D eigenvalue weighted by atomic mass is 9.78. The number of ether oxygens (including phenoxy) is 1. The number of hydrogen-bond donors (Lipinski definition) is 1. The van der Waals surface area contributed by atoms with Gasteiger partial charge in [0.05, 0.1) is 16.6 Å². The summed E-state index contributed by atoms with van der Waals surface area (Å²) in [5.74, 6) is 0.425. The number of nitrogens with zero attached hydrogens (tertiary/aromatic N) is 1. The summed E-state index contributed by atoms with van der Waals surface area (Å²) < 4.78 is 7.28. The monoisotopic (exact) mass is 436 g/mol. The number of carbonyl (C=O) groups is 2. The highest BCUT2D eigenvalue weighted by atomic mass is 32.1. The summed E-state index contributed by atoms with van der Waals surface area (Å²) >= 11 is 1.51. The van der Waals surface area contributed by atoms with Gasteiger partial charge in [0, 0.05) is 33.9 Å². The van der Waals surface area contributed by atoms with Crippen LogP contribution in [0, 0.1) is 6.92 Å². The summed E-state index contributed by atoms with van der Waals surface area (Å²) in [6.07, 6.45) is 3.86. The molecule has 0 radical (unpaired) electrons. The highest BCUT2D eigenvalue weighted by Crippen LogP contribution is 2.44. The topological polar surface area (TPSA) is 66.6 Å². The molecule has 4 rings (SSSR count). The van der Waals surface area contributed by atoms with Crippen molar-refractivity contribution in [3.05, 3.63) is 63.1 Å². The van der Waals surface area contributed by atoms with Crippen LogP contribution in [0.25, 0.3) is 5.57 Å². The number of hydrogen-bond acceptors (Lipinski definition) is 5. The van der Waals surface area contributed by atoms with Crippen LogP contribution in [0.5, 0.6) is 5.75 Å². The molecular weight excluding hydrogens is 410 g/mol. The summed E-state index contributed by atoms with van der Waals surface area (Å²) in [4.78, 5) is 25.6. The molecule has 0 saturated heterocycles. The maximum Gasteiger partial charge on any atom is 0.298 e. The van der Waals surface area contributed by atoms with E-state index in [4.69, 9.17) is 4.74 Å². The summed E-state index contributed by atoms with van der Waals surface area (Å²) in [5.41, 5.74) is 3.35. The van der Waals surface area contributed by atoms with E-state index in [0.717, 1.165) is 46.1 Å². The number of rotatable bonds is 7. The van der Waals surface area contributed by atoms with Gasteiger partial charge in [-0.15, -0.1) is 11.3 Å². The molecular formula is C25H26NO4S+. The first-order valence-electron chi connectivity index (χ1n) is 10.5. The third-order valence-electron chi connectivity index (χ3n) is 6.01. The SMILES string of the molecule is CCCC[N+]1=C(/C=C2/C(=O)C(c3ccc(C)s3)=C2O)C(C)(C)c2cc(OC=O)ccc21. The Kier molecular flexibility index (Phi) is 5.43. The number of carbonyl (C=O) groups excluding carboxylic acids is 2. The van der Waals surface area contributed by atoms with E-state index in [1.54, 1.807) is 6.07 Å². The molecule has 2 heterocycles. The second-order valence-corrected chi connectivity index (χ2v) is 9.72. The Hall–Kier alpha value is -2.99. The summed E-state index contributed by atoms with van der Waals surface area (Å²) in [7, 11) is 0. The molecule has 0 bridgehead atoms. The molecule has 1 aliphatic carbocycles. The molecule has 1 aliphatic heterocycles. The molecule has 160 valence electrons. The lowest BCUT2D eigenvalue weighted by Crippen LogP contribution is -2.31. The second-order valence-electron chi connectivity index (χ2n) is 8.43.